The van der Waals surface area contributed by atoms with E-state index in [-0.39, 0.29) is 11.8 Å². The quantitative estimate of drug-likeness (QED) is 0.618. The SMILES string of the molecule is COc1ccccc1N1C(=O)[C@H]2[C@H](C1=O)[C@]1(C)C=C[C@]2(C)O1. The first-order valence-corrected chi connectivity index (χ1v) is 7.33. The van der Waals surface area contributed by atoms with Crippen molar-refractivity contribution in [3.63, 3.8) is 0 Å². The van der Waals surface area contributed by atoms with E-state index in [1.165, 1.54) is 12.0 Å². The molecule has 1 aromatic rings. The van der Waals surface area contributed by atoms with E-state index in [4.69, 9.17) is 9.47 Å². The van der Waals surface area contributed by atoms with Gasteiger partial charge in [0.1, 0.15) is 5.75 Å². The predicted octanol–water partition coefficient (Wildman–Crippen LogP) is 1.92. The highest BCUT2D eigenvalue weighted by Crippen LogP contribution is 2.57. The molecule has 4 rings (SSSR count). The summed E-state index contributed by atoms with van der Waals surface area (Å²) in [5.41, 5.74) is -0.910. The molecule has 0 saturated carbocycles. The van der Waals surface area contributed by atoms with Gasteiger partial charge in [0.15, 0.2) is 0 Å². The molecule has 22 heavy (non-hydrogen) atoms. The van der Waals surface area contributed by atoms with Crippen LogP contribution in [0, 0.1) is 11.8 Å². The number of nitrogens with zero attached hydrogens (tertiary/aromatic N) is 1. The molecule has 5 heteroatoms. The van der Waals surface area contributed by atoms with Crippen molar-refractivity contribution in [3.8, 4) is 5.75 Å². The van der Waals surface area contributed by atoms with Gasteiger partial charge in [0.25, 0.3) is 0 Å². The number of ether oxygens (including phenoxy) is 2. The second kappa shape index (κ2) is 3.98. The fourth-order valence-corrected chi connectivity index (χ4v) is 4.08. The van der Waals surface area contributed by atoms with Gasteiger partial charge in [-0.3, -0.25) is 9.59 Å². The van der Waals surface area contributed by atoms with Crippen molar-refractivity contribution >= 4 is 17.5 Å². The number of fused-ring (bicyclic) bond motifs is 5. The number of benzene rings is 1. The van der Waals surface area contributed by atoms with E-state index < -0.39 is 23.0 Å². The second-order valence-corrected chi connectivity index (χ2v) is 6.44. The monoisotopic (exact) mass is 299 g/mol. The fraction of sp³-hybridized carbons (Fsp3) is 0.412. The Kier molecular flexibility index (Phi) is 2.45. The summed E-state index contributed by atoms with van der Waals surface area (Å²) in [6.07, 6.45) is 3.82. The van der Waals surface area contributed by atoms with E-state index in [0.717, 1.165) is 0 Å². The molecule has 0 spiro atoms. The normalized spacial score (nSPS) is 38.8. The summed E-state index contributed by atoms with van der Waals surface area (Å²) in [5.74, 6) is -0.856. The van der Waals surface area contributed by atoms with E-state index >= 15 is 0 Å². The lowest BCUT2D eigenvalue weighted by molar-refractivity contribution is -0.128. The van der Waals surface area contributed by atoms with E-state index in [1.54, 1.807) is 18.2 Å². The molecule has 2 saturated heterocycles. The van der Waals surface area contributed by atoms with Crippen molar-refractivity contribution in [1.82, 2.24) is 0 Å². The highest BCUT2D eigenvalue weighted by Gasteiger charge is 2.70. The van der Waals surface area contributed by atoms with Crippen LogP contribution in [0.2, 0.25) is 0 Å². The number of hydrogen-bond donors (Lipinski definition) is 0. The smallest absolute Gasteiger partial charge is 0.241 e. The third-order valence-corrected chi connectivity index (χ3v) is 5.05. The predicted molar refractivity (Wildman–Crippen MR) is 79.5 cm³/mol. The largest absolute Gasteiger partial charge is 0.495 e. The Hall–Kier alpha value is -2.14. The molecule has 0 N–H and O–H groups in total. The van der Waals surface area contributed by atoms with Gasteiger partial charge in [-0.1, -0.05) is 24.3 Å². The number of imide groups is 1. The molecule has 0 aromatic heterocycles. The lowest BCUT2D eigenvalue weighted by Crippen LogP contribution is -2.39. The Morgan fingerprint density at radius 1 is 1.05 bits per heavy atom. The molecular formula is C17H17NO4. The van der Waals surface area contributed by atoms with Crippen LogP contribution in [-0.2, 0) is 14.3 Å². The van der Waals surface area contributed by atoms with Gasteiger partial charge in [-0.15, -0.1) is 0 Å². The van der Waals surface area contributed by atoms with E-state index in [9.17, 15) is 9.59 Å². The van der Waals surface area contributed by atoms with Crippen LogP contribution >= 0.6 is 0 Å². The average molecular weight is 299 g/mol. The number of methoxy groups -OCH3 is 1. The van der Waals surface area contributed by atoms with Gasteiger partial charge in [0.05, 0.1) is 35.8 Å². The van der Waals surface area contributed by atoms with Crippen LogP contribution < -0.4 is 9.64 Å². The summed E-state index contributed by atoms with van der Waals surface area (Å²) >= 11 is 0. The Bertz CT molecular complexity index is 691. The number of para-hydroxylation sites is 2. The highest BCUT2D eigenvalue weighted by atomic mass is 16.5. The number of anilines is 1. The van der Waals surface area contributed by atoms with Crippen LogP contribution in [0.25, 0.3) is 0 Å². The van der Waals surface area contributed by atoms with Gasteiger partial charge in [0, 0.05) is 0 Å². The van der Waals surface area contributed by atoms with Crippen molar-refractivity contribution in [3.05, 3.63) is 36.4 Å². The zero-order valence-electron chi connectivity index (χ0n) is 12.7. The minimum Gasteiger partial charge on any atom is -0.495 e. The van der Waals surface area contributed by atoms with E-state index in [1.807, 2.05) is 32.1 Å². The van der Waals surface area contributed by atoms with Crippen molar-refractivity contribution in [2.45, 2.75) is 25.0 Å². The van der Waals surface area contributed by atoms with Crippen LogP contribution in [0.15, 0.2) is 36.4 Å². The standard InChI is InChI=1S/C17H17NO4/c1-16-8-9-17(2,22-16)13-12(16)14(19)18(15(13)20)10-6-4-5-7-11(10)21-3/h4-9,12-13H,1-3H3/t12-,13-,16+,17+/m1/s1. The summed E-state index contributed by atoms with van der Waals surface area (Å²) in [4.78, 5) is 27.1. The number of hydrogen-bond acceptors (Lipinski definition) is 4. The summed E-state index contributed by atoms with van der Waals surface area (Å²) in [6, 6.07) is 7.08. The number of carbonyl (C=O) groups is 2. The van der Waals surface area contributed by atoms with Gasteiger partial charge in [-0.25, -0.2) is 4.90 Å². The summed E-state index contributed by atoms with van der Waals surface area (Å²) in [6.45, 7) is 3.74. The van der Waals surface area contributed by atoms with Crippen molar-refractivity contribution in [2.75, 3.05) is 12.0 Å². The van der Waals surface area contributed by atoms with E-state index in [2.05, 4.69) is 0 Å². The van der Waals surface area contributed by atoms with Gasteiger partial charge < -0.3 is 9.47 Å². The Morgan fingerprint density at radius 2 is 1.59 bits per heavy atom. The molecule has 0 radical (unpaired) electrons. The highest BCUT2D eigenvalue weighted by molar-refractivity contribution is 6.24. The van der Waals surface area contributed by atoms with Crippen LogP contribution in [-0.4, -0.2) is 30.1 Å². The lowest BCUT2D eigenvalue weighted by Gasteiger charge is -2.26. The van der Waals surface area contributed by atoms with Crippen LogP contribution in [0.5, 0.6) is 5.75 Å². The molecule has 3 aliphatic heterocycles. The zero-order valence-corrected chi connectivity index (χ0v) is 12.7. The molecule has 5 nitrogen and oxygen atoms in total. The maximum absolute atomic E-state index is 12.9. The van der Waals surface area contributed by atoms with Crippen molar-refractivity contribution in [1.29, 1.82) is 0 Å². The van der Waals surface area contributed by atoms with Crippen LogP contribution in [0.3, 0.4) is 0 Å². The zero-order chi connectivity index (χ0) is 15.7. The fourth-order valence-electron chi connectivity index (χ4n) is 4.08. The first-order valence-electron chi connectivity index (χ1n) is 7.33. The summed E-state index contributed by atoms with van der Waals surface area (Å²) < 4.78 is 11.3. The third-order valence-electron chi connectivity index (χ3n) is 5.05. The van der Waals surface area contributed by atoms with E-state index in [0.29, 0.717) is 11.4 Å². The maximum atomic E-state index is 12.9. The van der Waals surface area contributed by atoms with Crippen LogP contribution in [0.1, 0.15) is 13.8 Å². The summed E-state index contributed by atoms with van der Waals surface area (Å²) in [5, 5.41) is 0. The number of amides is 2. The van der Waals surface area contributed by atoms with Gasteiger partial charge >= 0.3 is 0 Å². The third kappa shape index (κ3) is 1.42. The Morgan fingerprint density at radius 3 is 2.14 bits per heavy atom. The first-order chi connectivity index (χ1) is 10.4. The second-order valence-electron chi connectivity index (χ2n) is 6.44. The molecule has 2 amide bonds. The molecule has 2 bridgehead atoms. The topological polar surface area (TPSA) is 55.8 Å². The summed E-state index contributed by atoms with van der Waals surface area (Å²) in [7, 11) is 1.53. The molecule has 0 aliphatic carbocycles. The number of rotatable bonds is 2. The molecule has 2 fully saturated rings. The van der Waals surface area contributed by atoms with Gasteiger partial charge in [0.2, 0.25) is 11.8 Å². The molecule has 4 atom stereocenters. The van der Waals surface area contributed by atoms with Crippen molar-refractivity contribution < 1.29 is 19.1 Å². The van der Waals surface area contributed by atoms with Crippen molar-refractivity contribution in [2.24, 2.45) is 11.8 Å². The molecule has 1 aromatic carbocycles. The molecular weight excluding hydrogens is 282 g/mol. The Labute approximate surface area is 128 Å². The minimum absolute atomic E-state index is 0.213. The molecule has 0 unspecified atom stereocenters. The maximum Gasteiger partial charge on any atom is 0.241 e. The van der Waals surface area contributed by atoms with Gasteiger partial charge in [-0.05, 0) is 26.0 Å². The molecule has 114 valence electrons. The van der Waals surface area contributed by atoms with Crippen LogP contribution in [0.4, 0.5) is 5.69 Å². The van der Waals surface area contributed by atoms with Gasteiger partial charge in [-0.2, -0.15) is 0 Å². The lowest BCUT2D eigenvalue weighted by atomic mass is 9.73. The average Bonchev–Trinajstić information content (AvgIpc) is 3.04. The molecule has 3 aliphatic rings. The first kappa shape index (κ1) is 13.5. The minimum atomic E-state index is -0.705. The Balaban J connectivity index is 1.83. The number of carbonyl (C=O) groups excluding carboxylic acids is 2. The molecule has 3 heterocycles.